The van der Waals surface area contributed by atoms with E-state index in [-0.39, 0.29) is 10.9 Å². The van der Waals surface area contributed by atoms with Gasteiger partial charge in [-0.15, -0.1) is 11.3 Å². The molecule has 118 valence electrons. The highest BCUT2D eigenvalue weighted by atomic mass is 32.1. The minimum absolute atomic E-state index is 0.0394. The SMILES string of the molecule is O=C(c1ccc([N+](=O)[O-])s1)N(Cc1ccco1)Cc1cccs1. The summed E-state index contributed by atoms with van der Waals surface area (Å²) in [6.07, 6.45) is 1.55. The Morgan fingerprint density at radius 3 is 2.70 bits per heavy atom. The molecule has 0 saturated heterocycles. The molecule has 1 amide bonds. The van der Waals surface area contributed by atoms with Crippen molar-refractivity contribution in [3.63, 3.8) is 0 Å². The van der Waals surface area contributed by atoms with Crippen molar-refractivity contribution < 1.29 is 14.1 Å². The number of amides is 1. The number of nitro groups is 1. The lowest BCUT2D eigenvalue weighted by Crippen LogP contribution is -2.29. The van der Waals surface area contributed by atoms with Crippen LogP contribution in [0.3, 0.4) is 0 Å². The van der Waals surface area contributed by atoms with Crippen molar-refractivity contribution in [2.75, 3.05) is 0 Å². The van der Waals surface area contributed by atoms with Gasteiger partial charge in [-0.3, -0.25) is 14.9 Å². The summed E-state index contributed by atoms with van der Waals surface area (Å²) in [4.78, 5) is 26.0. The van der Waals surface area contributed by atoms with Crippen LogP contribution in [0.1, 0.15) is 20.3 Å². The van der Waals surface area contributed by atoms with Gasteiger partial charge in [0, 0.05) is 10.9 Å². The van der Waals surface area contributed by atoms with E-state index in [2.05, 4.69) is 0 Å². The molecule has 3 aromatic heterocycles. The average Bonchev–Trinajstić information content (AvgIpc) is 3.28. The fraction of sp³-hybridized carbons (Fsp3) is 0.133. The third-order valence-corrected chi connectivity index (χ3v) is 5.01. The van der Waals surface area contributed by atoms with Gasteiger partial charge >= 0.3 is 5.00 Å². The molecule has 0 N–H and O–H groups in total. The highest BCUT2D eigenvalue weighted by molar-refractivity contribution is 7.17. The Hall–Kier alpha value is -2.45. The summed E-state index contributed by atoms with van der Waals surface area (Å²) in [6.45, 7) is 0.748. The number of furan rings is 1. The Morgan fingerprint density at radius 2 is 2.09 bits per heavy atom. The quantitative estimate of drug-likeness (QED) is 0.495. The topological polar surface area (TPSA) is 76.6 Å². The molecule has 0 radical (unpaired) electrons. The molecule has 0 unspecified atom stereocenters. The molecule has 8 heteroatoms. The summed E-state index contributed by atoms with van der Waals surface area (Å²) in [5, 5.41) is 12.7. The lowest BCUT2D eigenvalue weighted by atomic mass is 10.3. The minimum Gasteiger partial charge on any atom is -0.467 e. The predicted octanol–water partition coefficient (Wildman–Crippen LogP) is 4.15. The monoisotopic (exact) mass is 348 g/mol. The van der Waals surface area contributed by atoms with E-state index in [4.69, 9.17) is 4.42 Å². The summed E-state index contributed by atoms with van der Waals surface area (Å²) in [6, 6.07) is 10.3. The molecule has 6 nitrogen and oxygen atoms in total. The van der Waals surface area contributed by atoms with Crippen LogP contribution in [-0.4, -0.2) is 15.7 Å². The third kappa shape index (κ3) is 3.66. The predicted molar refractivity (Wildman–Crippen MR) is 87.6 cm³/mol. The Morgan fingerprint density at radius 1 is 1.22 bits per heavy atom. The fourth-order valence-corrected chi connectivity index (χ4v) is 3.59. The van der Waals surface area contributed by atoms with Gasteiger partial charge in [-0.1, -0.05) is 17.4 Å². The molecule has 0 spiro atoms. The Labute approximate surface area is 139 Å². The van der Waals surface area contributed by atoms with Gasteiger partial charge in [0.2, 0.25) is 0 Å². The van der Waals surface area contributed by atoms with Crippen LogP contribution in [0.5, 0.6) is 0 Å². The summed E-state index contributed by atoms with van der Waals surface area (Å²) in [5.41, 5.74) is 0. The van der Waals surface area contributed by atoms with Gasteiger partial charge in [0.15, 0.2) is 0 Å². The van der Waals surface area contributed by atoms with Crippen LogP contribution < -0.4 is 0 Å². The first kappa shape index (κ1) is 15.4. The standard InChI is InChI=1S/C15H12N2O4S2/c18-15(13-5-6-14(23-13)17(19)20)16(9-11-3-1-7-21-11)10-12-4-2-8-22-12/h1-8H,9-10H2. The van der Waals surface area contributed by atoms with E-state index >= 15 is 0 Å². The van der Waals surface area contributed by atoms with Crippen molar-refractivity contribution in [1.82, 2.24) is 4.90 Å². The highest BCUT2D eigenvalue weighted by Gasteiger charge is 2.22. The van der Waals surface area contributed by atoms with Gasteiger partial charge in [-0.25, -0.2) is 0 Å². The van der Waals surface area contributed by atoms with E-state index in [1.807, 2.05) is 17.5 Å². The molecule has 0 aromatic carbocycles. The van der Waals surface area contributed by atoms with Gasteiger partial charge in [-0.2, -0.15) is 0 Å². The maximum absolute atomic E-state index is 12.7. The van der Waals surface area contributed by atoms with Crippen molar-refractivity contribution in [3.8, 4) is 0 Å². The Balaban J connectivity index is 1.83. The van der Waals surface area contributed by atoms with Crippen LogP contribution in [0, 0.1) is 10.1 Å². The molecule has 0 saturated carbocycles. The van der Waals surface area contributed by atoms with Crippen molar-refractivity contribution >= 4 is 33.6 Å². The van der Waals surface area contributed by atoms with Gasteiger partial charge in [0.25, 0.3) is 5.91 Å². The van der Waals surface area contributed by atoms with Crippen LogP contribution in [-0.2, 0) is 13.1 Å². The second-order valence-corrected chi connectivity index (χ2v) is 6.81. The molecule has 0 bridgehead atoms. The molecule has 0 fully saturated rings. The first-order valence-corrected chi connectivity index (χ1v) is 8.41. The van der Waals surface area contributed by atoms with Crippen molar-refractivity contribution in [1.29, 1.82) is 0 Å². The van der Waals surface area contributed by atoms with Crippen molar-refractivity contribution in [3.05, 3.63) is 73.7 Å². The van der Waals surface area contributed by atoms with E-state index in [1.54, 1.807) is 34.6 Å². The number of carbonyl (C=O) groups is 1. The van der Waals surface area contributed by atoms with Gasteiger partial charge in [-0.05, 0) is 29.6 Å². The molecule has 3 heterocycles. The highest BCUT2D eigenvalue weighted by Crippen LogP contribution is 2.26. The smallest absolute Gasteiger partial charge is 0.324 e. The zero-order valence-corrected chi connectivity index (χ0v) is 13.5. The normalized spacial score (nSPS) is 10.6. The molecule has 3 rings (SSSR count). The van der Waals surface area contributed by atoms with E-state index < -0.39 is 4.92 Å². The number of nitrogens with zero attached hydrogens (tertiary/aromatic N) is 2. The van der Waals surface area contributed by atoms with Crippen molar-refractivity contribution in [2.45, 2.75) is 13.1 Å². The molecule has 0 aliphatic rings. The molecule has 23 heavy (non-hydrogen) atoms. The van der Waals surface area contributed by atoms with Gasteiger partial charge in [0.05, 0.1) is 29.2 Å². The maximum atomic E-state index is 12.7. The van der Waals surface area contributed by atoms with Crippen LogP contribution in [0.25, 0.3) is 0 Å². The van der Waals surface area contributed by atoms with Crippen LogP contribution in [0.15, 0.2) is 52.5 Å². The zero-order chi connectivity index (χ0) is 16.2. The number of hydrogen-bond acceptors (Lipinski definition) is 6. The van der Waals surface area contributed by atoms with Gasteiger partial charge in [0.1, 0.15) is 5.76 Å². The maximum Gasteiger partial charge on any atom is 0.324 e. The van der Waals surface area contributed by atoms with E-state index in [9.17, 15) is 14.9 Å². The van der Waals surface area contributed by atoms with E-state index in [0.29, 0.717) is 23.7 Å². The molecule has 0 aliphatic heterocycles. The van der Waals surface area contributed by atoms with Crippen LogP contribution in [0.2, 0.25) is 0 Å². The first-order chi connectivity index (χ1) is 11.1. The summed E-state index contributed by atoms with van der Waals surface area (Å²) in [5.74, 6) is 0.425. The Bertz CT molecular complexity index is 757. The van der Waals surface area contributed by atoms with Gasteiger partial charge < -0.3 is 9.32 Å². The van der Waals surface area contributed by atoms with Crippen LogP contribution in [0.4, 0.5) is 5.00 Å². The lowest BCUT2D eigenvalue weighted by molar-refractivity contribution is -0.380. The lowest BCUT2D eigenvalue weighted by Gasteiger charge is -2.20. The minimum atomic E-state index is -0.489. The number of rotatable bonds is 6. The fourth-order valence-electron chi connectivity index (χ4n) is 2.08. The zero-order valence-electron chi connectivity index (χ0n) is 11.9. The second-order valence-electron chi connectivity index (χ2n) is 4.71. The summed E-state index contributed by atoms with van der Waals surface area (Å²) in [7, 11) is 0. The molecular weight excluding hydrogens is 336 g/mol. The third-order valence-electron chi connectivity index (χ3n) is 3.12. The van der Waals surface area contributed by atoms with Crippen molar-refractivity contribution in [2.24, 2.45) is 0 Å². The largest absolute Gasteiger partial charge is 0.467 e. The first-order valence-electron chi connectivity index (χ1n) is 6.72. The number of carbonyl (C=O) groups excluding carboxylic acids is 1. The average molecular weight is 348 g/mol. The second kappa shape index (κ2) is 6.76. The molecule has 0 aliphatic carbocycles. The van der Waals surface area contributed by atoms with Crippen LogP contribution >= 0.6 is 22.7 Å². The van der Waals surface area contributed by atoms with E-state index in [1.165, 1.54) is 12.1 Å². The molecule has 0 atom stereocenters. The Kier molecular flexibility index (Phi) is 4.54. The number of hydrogen-bond donors (Lipinski definition) is 0. The molecular formula is C15H12N2O4S2. The summed E-state index contributed by atoms with van der Waals surface area (Å²) >= 11 is 2.44. The summed E-state index contributed by atoms with van der Waals surface area (Å²) < 4.78 is 5.32. The molecule has 3 aromatic rings. The van der Waals surface area contributed by atoms with E-state index in [0.717, 1.165) is 16.2 Å². The number of thiophene rings is 2.